The summed E-state index contributed by atoms with van der Waals surface area (Å²) in [5, 5.41) is 17.7. The molecular formula is C15H13ClN4O3. The topological polar surface area (TPSA) is 96.6 Å². The number of hydrogen-bond donors (Lipinski definition) is 2. The third-order valence-electron chi connectivity index (χ3n) is 2.82. The summed E-state index contributed by atoms with van der Waals surface area (Å²) in [6.07, 6.45) is 1.40. The van der Waals surface area contributed by atoms with E-state index in [1.165, 1.54) is 30.5 Å². The molecule has 2 aromatic rings. The van der Waals surface area contributed by atoms with Gasteiger partial charge >= 0.3 is 0 Å². The van der Waals surface area contributed by atoms with Crippen LogP contribution >= 0.6 is 11.6 Å². The highest BCUT2D eigenvalue weighted by Gasteiger charge is 2.03. The van der Waals surface area contributed by atoms with Gasteiger partial charge in [0.15, 0.2) is 0 Å². The Kier molecular flexibility index (Phi) is 5.65. The van der Waals surface area contributed by atoms with E-state index in [0.29, 0.717) is 16.3 Å². The molecule has 8 heteroatoms. The molecule has 0 heterocycles. The van der Waals surface area contributed by atoms with Crippen molar-refractivity contribution >= 4 is 35.1 Å². The molecule has 0 spiro atoms. The number of non-ortho nitro benzene ring substituents is 1. The third-order valence-corrected chi connectivity index (χ3v) is 3.15. The van der Waals surface area contributed by atoms with Crippen molar-refractivity contribution in [2.24, 2.45) is 5.10 Å². The summed E-state index contributed by atoms with van der Waals surface area (Å²) < 4.78 is 0. The molecule has 0 aromatic heterocycles. The van der Waals surface area contributed by atoms with Crippen LogP contribution in [0, 0.1) is 10.1 Å². The summed E-state index contributed by atoms with van der Waals surface area (Å²) in [5.74, 6) is -0.344. The second-order valence-corrected chi connectivity index (χ2v) is 4.88. The maximum Gasteiger partial charge on any atom is 0.269 e. The van der Waals surface area contributed by atoms with Gasteiger partial charge in [-0.3, -0.25) is 14.9 Å². The zero-order valence-electron chi connectivity index (χ0n) is 11.9. The number of halogens is 1. The first-order valence-corrected chi connectivity index (χ1v) is 6.99. The Morgan fingerprint density at radius 1 is 1.22 bits per heavy atom. The summed E-state index contributed by atoms with van der Waals surface area (Å²) in [6, 6.07) is 12.9. The Hall–Kier alpha value is -2.93. The van der Waals surface area contributed by atoms with E-state index in [9.17, 15) is 14.9 Å². The normalized spacial score (nSPS) is 10.5. The van der Waals surface area contributed by atoms with Crippen molar-refractivity contribution < 1.29 is 9.72 Å². The molecular weight excluding hydrogens is 320 g/mol. The van der Waals surface area contributed by atoms with E-state index in [0.717, 1.165) is 0 Å². The molecule has 0 atom stereocenters. The van der Waals surface area contributed by atoms with Gasteiger partial charge in [-0.25, -0.2) is 5.43 Å². The van der Waals surface area contributed by atoms with Crippen LogP contribution in [-0.4, -0.2) is 23.6 Å². The van der Waals surface area contributed by atoms with E-state index in [4.69, 9.17) is 11.6 Å². The predicted octanol–water partition coefficient (Wildman–Crippen LogP) is 2.81. The second kappa shape index (κ2) is 7.90. The summed E-state index contributed by atoms with van der Waals surface area (Å²) in [4.78, 5) is 21.7. The van der Waals surface area contributed by atoms with Crippen LogP contribution in [0.3, 0.4) is 0 Å². The second-order valence-electron chi connectivity index (χ2n) is 4.48. The van der Waals surface area contributed by atoms with Crippen molar-refractivity contribution in [2.45, 2.75) is 0 Å². The van der Waals surface area contributed by atoms with Gasteiger partial charge in [0, 0.05) is 12.1 Å². The zero-order valence-corrected chi connectivity index (χ0v) is 12.7. The van der Waals surface area contributed by atoms with Gasteiger partial charge in [0.05, 0.1) is 28.4 Å². The van der Waals surface area contributed by atoms with Crippen LogP contribution in [-0.2, 0) is 4.79 Å². The highest BCUT2D eigenvalue weighted by molar-refractivity contribution is 6.33. The maximum atomic E-state index is 11.6. The molecule has 7 nitrogen and oxygen atoms in total. The molecule has 2 rings (SSSR count). The van der Waals surface area contributed by atoms with Crippen molar-refractivity contribution in [3.8, 4) is 0 Å². The fraction of sp³-hybridized carbons (Fsp3) is 0.0667. The number of amides is 1. The lowest BCUT2D eigenvalue weighted by atomic mass is 10.2. The average Bonchev–Trinajstić information content (AvgIpc) is 2.54. The molecule has 0 aliphatic rings. The van der Waals surface area contributed by atoms with Crippen molar-refractivity contribution in [1.29, 1.82) is 0 Å². The number of rotatable bonds is 6. The smallest absolute Gasteiger partial charge is 0.269 e. The highest BCUT2D eigenvalue weighted by Crippen LogP contribution is 2.19. The number of hydrogen-bond acceptors (Lipinski definition) is 5. The van der Waals surface area contributed by atoms with Crippen LogP contribution < -0.4 is 10.7 Å². The molecule has 23 heavy (non-hydrogen) atoms. The van der Waals surface area contributed by atoms with Crippen LogP contribution in [0.15, 0.2) is 53.6 Å². The van der Waals surface area contributed by atoms with Gasteiger partial charge < -0.3 is 5.32 Å². The Morgan fingerprint density at radius 3 is 2.57 bits per heavy atom. The van der Waals surface area contributed by atoms with Gasteiger partial charge in [-0.05, 0) is 29.8 Å². The lowest BCUT2D eigenvalue weighted by molar-refractivity contribution is -0.384. The van der Waals surface area contributed by atoms with E-state index in [1.807, 2.05) is 0 Å². The molecule has 118 valence electrons. The predicted molar refractivity (Wildman–Crippen MR) is 88.8 cm³/mol. The number of carbonyl (C=O) groups is 1. The molecule has 0 saturated heterocycles. The number of anilines is 1. The van der Waals surface area contributed by atoms with Gasteiger partial charge in [-0.15, -0.1) is 0 Å². The number of nitro benzene ring substituents is 1. The Labute approximate surface area is 137 Å². The van der Waals surface area contributed by atoms with Gasteiger partial charge in [0.25, 0.3) is 11.6 Å². The molecule has 0 saturated carbocycles. The van der Waals surface area contributed by atoms with Crippen LogP contribution in [0.25, 0.3) is 0 Å². The monoisotopic (exact) mass is 332 g/mol. The number of carbonyl (C=O) groups excluding carboxylic acids is 1. The van der Waals surface area contributed by atoms with Gasteiger partial charge in [-0.2, -0.15) is 5.10 Å². The third kappa shape index (κ3) is 5.08. The summed E-state index contributed by atoms with van der Waals surface area (Å²) in [5.41, 5.74) is 3.64. The van der Waals surface area contributed by atoms with E-state index in [1.54, 1.807) is 24.3 Å². The quantitative estimate of drug-likeness (QED) is 0.483. The zero-order chi connectivity index (χ0) is 16.7. The minimum Gasteiger partial charge on any atom is -0.375 e. The molecule has 0 bridgehead atoms. The van der Waals surface area contributed by atoms with Crippen LogP contribution in [0.5, 0.6) is 0 Å². The number of para-hydroxylation sites is 1. The first kappa shape index (κ1) is 16.4. The number of nitrogens with one attached hydrogen (secondary N) is 2. The van der Waals surface area contributed by atoms with Gasteiger partial charge in [0.2, 0.25) is 0 Å². The molecule has 0 aliphatic carbocycles. The van der Waals surface area contributed by atoms with Gasteiger partial charge in [-0.1, -0.05) is 23.7 Å². The first-order valence-electron chi connectivity index (χ1n) is 6.61. The van der Waals surface area contributed by atoms with Crippen molar-refractivity contribution in [3.63, 3.8) is 0 Å². The van der Waals surface area contributed by atoms with Crippen LogP contribution in [0.2, 0.25) is 5.02 Å². The maximum absolute atomic E-state index is 11.6. The standard InChI is InChI=1S/C15H13ClN4O3/c16-13-3-1-2-4-14(13)17-10-15(21)19-18-9-11-5-7-12(8-6-11)20(22)23/h1-9,17H,10H2,(H,19,21). The number of benzene rings is 2. The lowest BCUT2D eigenvalue weighted by Gasteiger charge is -2.06. The molecule has 0 unspecified atom stereocenters. The highest BCUT2D eigenvalue weighted by atomic mass is 35.5. The minimum absolute atomic E-state index is 0.00451. The Morgan fingerprint density at radius 2 is 1.91 bits per heavy atom. The number of nitro groups is 1. The van der Waals surface area contributed by atoms with E-state index in [2.05, 4.69) is 15.8 Å². The van der Waals surface area contributed by atoms with Gasteiger partial charge in [0.1, 0.15) is 0 Å². The molecule has 0 aliphatic heterocycles. The van der Waals surface area contributed by atoms with Crippen molar-refractivity contribution in [2.75, 3.05) is 11.9 Å². The van der Waals surface area contributed by atoms with Crippen LogP contribution in [0.1, 0.15) is 5.56 Å². The number of hydrazone groups is 1. The first-order chi connectivity index (χ1) is 11.1. The summed E-state index contributed by atoms with van der Waals surface area (Å²) >= 11 is 5.96. The molecule has 2 N–H and O–H groups in total. The fourth-order valence-corrected chi connectivity index (χ4v) is 1.88. The Balaban J connectivity index is 1.82. The molecule has 2 aromatic carbocycles. The van der Waals surface area contributed by atoms with Crippen molar-refractivity contribution in [3.05, 3.63) is 69.2 Å². The SMILES string of the molecule is O=C(CNc1ccccc1Cl)NN=Cc1ccc([N+](=O)[O-])cc1. The van der Waals surface area contributed by atoms with E-state index < -0.39 is 4.92 Å². The minimum atomic E-state index is -0.483. The van der Waals surface area contributed by atoms with Crippen molar-refractivity contribution in [1.82, 2.24) is 5.43 Å². The molecule has 0 fully saturated rings. The number of nitrogens with zero attached hydrogens (tertiary/aromatic N) is 2. The molecule has 1 amide bonds. The fourth-order valence-electron chi connectivity index (χ4n) is 1.68. The lowest BCUT2D eigenvalue weighted by Crippen LogP contribution is -2.25. The van der Waals surface area contributed by atoms with E-state index >= 15 is 0 Å². The summed E-state index contributed by atoms with van der Waals surface area (Å²) in [7, 11) is 0. The van der Waals surface area contributed by atoms with E-state index in [-0.39, 0.29) is 18.1 Å². The molecule has 0 radical (unpaired) electrons. The summed E-state index contributed by atoms with van der Waals surface area (Å²) in [6.45, 7) is 0.0152. The largest absolute Gasteiger partial charge is 0.375 e. The van der Waals surface area contributed by atoms with Crippen LogP contribution in [0.4, 0.5) is 11.4 Å². The Bertz CT molecular complexity index is 732. The average molecular weight is 333 g/mol.